The second-order valence-electron chi connectivity index (χ2n) is 6.43. The minimum Gasteiger partial charge on any atom is -0.339 e. The summed E-state index contributed by atoms with van der Waals surface area (Å²) in [5.41, 5.74) is 1.68. The molecule has 0 unspecified atom stereocenters. The largest absolute Gasteiger partial charge is 0.339 e. The van der Waals surface area contributed by atoms with Gasteiger partial charge in [-0.1, -0.05) is 0 Å². The lowest BCUT2D eigenvalue weighted by Gasteiger charge is -2.34. The van der Waals surface area contributed by atoms with Crippen LogP contribution < -0.4 is 10.2 Å². The number of nitrogens with zero attached hydrogens (tertiary/aromatic N) is 7. The quantitative estimate of drug-likeness (QED) is 0.723. The maximum atomic E-state index is 12.7. The number of aromatic nitrogens is 4. The van der Waals surface area contributed by atoms with Gasteiger partial charge in [0.15, 0.2) is 0 Å². The number of rotatable bonds is 4. The molecule has 1 amide bonds. The van der Waals surface area contributed by atoms with Crippen molar-refractivity contribution < 1.29 is 4.79 Å². The van der Waals surface area contributed by atoms with Gasteiger partial charge in [-0.3, -0.25) is 4.79 Å². The summed E-state index contributed by atoms with van der Waals surface area (Å²) in [7, 11) is 0. The summed E-state index contributed by atoms with van der Waals surface area (Å²) < 4.78 is 0. The molecule has 9 heteroatoms. The Labute approximate surface area is 167 Å². The van der Waals surface area contributed by atoms with Gasteiger partial charge in [-0.25, -0.2) is 19.9 Å². The van der Waals surface area contributed by atoms with Crippen molar-refractivity contribution in [2.24, 2.45) is 0 Å². The van der Waals surface area contributed by atoms with E-state index in [1.54, 1.807) is 47.6 Å². The number of carbonyl (C=O) groups excluding carboxylic acids is 1. The summed E-state index contributed by atoms with van der Waals surface area (Å²) in [5, 5.41) is 11.9. The molecular formula is C20H18N8O. The Morgan fingerprint density at radius 2 is 1.69 bits per heavy atom. The summed E-state index contributed by atoms with van der Waals surface area (Å²) in [4.78, 5) is 33.6. The lowest BCUT2D eigenvalue weighted by molar-refractivity contribution is 0.0740. The van der Waals surface area contributed by atoms with Crippen LogP contribution in [0.25, 0.3) is 0 Å². The van der Waals surface area contributed by atoms with Crippen molar-refractivity contribution in [3.05, 3.63) is 66.4 Å². The van der Waals surface area contributed by atoms with Crippen LogP contribution in [0.2, 0.25) is 0 Å². The Kier molecular flexibility index (Phi) is 5.25. The molecule has 1 fully saturated rings. The van der Waals surface area contributed by atoms with E-state index in [2.05, 4.69) is 36.2 Å². The van der Waals surface area contributed by atoms with Crippen molar-refractivity contribution in [1.82, 2.24) is 24.8 Å². The van der Waals surface area contributed by atoms with E-state index < -0.39 is 0 Å². The van der Waals surface area contributed by atoms with Gasteiger partial charge < -0.3 is 15.1 Å². The number of anilines is 3. The fraction of sp³-hybridized carbons (Fsp3) is 0.200. The first-order valence-corrected chi connectivity index (χ1v) is 9.13. The highest BCUT2D eigenvalue weighted by atomic mass is 16.2. The summed E-state index contributed by atoms with van der Waals surface area (Å²) in [6.07, 6.45) is 6.42. The number of nitriles is 1. The predicted molar refractivity (Wildman–Crippen MR) is 107 cm³/mol. The zero-order chi connectivity index (χ0) is 20.1. The summed E-state index contributed by atoms with van der Waals surface area (Å²) in [6, 6.07) is 10.9. The molecule has 4 rings (SSSR count). The molecule has 1 N–H and O–H groups in total. The van der Waals surface area contributed by atoms with Gasteiger partial charge in [-0.05, 0) is 30.3 Å². The SMILES string of the molecule is N#Cc1ccc(Nc2cnc(C(=O)N3CCN(c4ncccn4)CC3)cn2)cc1. The number of benzene rings is 1. The molecule has 2 aromatic heterocycles. The van der Waals surface area contributed by atoms with Crippen LogP contribution in [0, 0.1) is 11.3 Å². The molecule has 0 saturated carbocycles. The van der Waals surface area contributed by atoms with E-state index in [4.69, 9.17) is 5.26 Å². The molecule has 0 aliphatic carbocycles. The normalized spacial score (nSPS) is 13.6. The first-order chi connectivity index (χ1) is 14.2. The van der Waals surface area contributed by atoms with Crippen LogP contribution >= 0.6 is 0 Å². The Morgan fingerprint density at radius 3 is 2.31 bits per heavy atom. The lowest BCUT2D eigenvalue weighted by atomic mass is 10.2. The number of piperazine rings is 1. The van der Waals surface area contributed by atoms with Crippen molar-refractivity contribution in [3.8, 4) is 6.07 Å². The Bertz CT molecular complexity index is 1010. The first-order valence-electron chi connectivity index (χ1n) is 9.13. The van der Waals surface area contributed by atoms with E-state index in [0.717, 1.165) is 5.69 Å². The highest BCUT2D eigenvalue weighted by Crippen LogP contribution is 2.15. The van der Waals surface area contributed by atoms with Gasteiger partial charge in [0, 0.05) is 44.3 Å². The van der Waals surface area contributed by atoms with Gasteiger partial charge in [0.05, 0.1) is 24.0 Å². The molecule has 3 heterocycles. The molecule has 0 spiro atoms. The van der Waals surface area contributed by atoms with Crippen LogP contribution in [0.15, 0.2) is 55.1 Å². The van der Waals surface area contributed by atoms with Gasteiger partial charge in [0.25, 0.3) is 5.91 Å². The average molecular weight is 386 g/mol. The van der Waals surface area contributed by atoms with Gasteiger partial charge in [-0.2, -0.15) is 5.26 Å². The lowest BCUT2D eigenvalue weighted by Crippen LogP contribution is -2.49. The molecule has 1 aliphatic rings. The Balaban J connectivity index is 1.35. The number of amides is 1. The van der Waals surface area contributed by atoms with Gasteiger partial charge in [0.1, 0.15) is 11.5 Å². The molecule has 9 nitrogen and oxygen atoms in total. The van der Waals surface area contributed by atoms with E-state index in [-0.39, 0.29) is 5.91 Å². The van der Waals surface area contributed by atoms with Crippen molar-refractivity contribution >= 4 is 23.4 Å². The van der Waals surface area contributed by atoms with Crippen LogP contribution in [-0.2, 0) is 0 Å². The van der Waals surface area contributed by atoms with E-state index in [0.29, 0.717) is 49.2 Å². The van der Waals surface area contributed by atoms with Gasteiger partial charge in [0.2, 0.25) is 5.95 Å². The Morgan fingerprint density at radius 1 is 0.966 bits per heavy atom. The zero-order valence-electron chi connectivity index (χ0n) is 15.6. The van der Waals surface area contributed by atoms with Crippen LogP contribution in [0.5, 0.6) is 0 Å². The third-order valence-corrected chi connectivity index (χ3v) is 4.56. The second-order valence-corrected chi connectivity index (χ2v) is 6.43. The molecule has 144 valence electrons. The molecule has 0 bridgehead atoms. The summed E-state index contributed by atoms with van der Waals surface area (Å²) in [5.74, 6) is 1.06. The Hall–Kier alpha value is -4.06. The van der Waals surface area contributed by atoms with Crippen molar-refractivity contribution in [2.75, 3.05) is 36.4 Å². The first kappa shape index (κ1) is 18.3. The highest BCUT2D eigenvalue weighted by Gasteiger charge is 2.24. The fourth-order valence-electron chi connectivity index (χ4n) is 3.01. The standard InChI is InChI=1S/C20H18N8O/c21-12-15-2-4-16(5-3-15)26-18-14-24-17(13-25-18)19(29)27-8-10-28(11-9-27)20-22-6-1-7-23-20/h1-7,13-14H,8-11H2,(H,25,26). The van der Waals surface area contributed by atoms with E-state index in [1.165, 1.54) is 12.4 Å². The highest BCUT2D eigenvalue weighted by molar-refractivity contribution is 5.92. The van der Waals surface area contributed by atoms with Crippen molar-refractivity contribution in [3.63, 3.8) is 0 Å². The van der Waals surface area contributed by atoms with Gasteiger partial charge in [-0.15, -0.1) is 0 Å². The topological polar surface area (TPSA) is 111 Å². The monoisotopic (exact) mass is 386 g/mol. The number of carbonyl (C=O) groups is 1. The van der Waals surface area contributed by atoms with E-state index in [9.17, 15) is 4.79 Å². The smallest absolute Gasteiger partial charge is 0.274 e. The second kappa shape index (κ2) is 8.31. The average Bonchev–Trinajstić information content (AvgIpc) is 2.80. The summed E-state index contributed by atoms with van der Waals surface area (Å²) >= 11 is 0. The summed E-state index contributed by atoms with van der Waals surface area (Å²) in [6.45, 7) is 2.48. The fourth-order valence-corrected chi connectivity index (χ4v) is 3.01. The number of nitrogens with one attached hydrogen (secondary N) is 1. The molecule has 1 aromatic carbocycles. The van der Waals surface area contributed by atoms with Crippen molar-refractivity contribution in [2.45, 2.75) is 0 Å². The van der Waals surface area contributed by atoms with Crippen LogP contribution in [0.4, 0.5) is 17.5 Å². The molecular weight excluding hydrogens is 368 g/mol. The molecule has 1 aliphatic heterocycles. The van der Waals surface area contributed by atoms with E-state index >= 15 is 0 Å². The minimum atomic E-state index is -0.143. The molecule has 3 aromatic rings. The van der Waals surface area contributed by atoms with Crippen LogP contribution in [-0.4, -0.2) is 56.9 Å². The number of hydrogen-bond donors (Lipinski definition) is 1. The maximum absolute atomic E-state index is 12.7. The molecule has 0 atom stereocenters. The van der Waals surface area contributed by atoms with Crippen LogP contribution in [0.3, 0.4) is 0 Å². The van der Waals surface area contributed by atoms with Crippen LogP contribution in [0.1, 0.15) is 16.1 Å². The van der Waals surface area contributed by atoms with Crippen molar-refractivity contribution in [1.29, 1.82) is 5.26 Å². The predicted octanol–water partition coefficient (Wildman–Crippen LogP) is 1.84. The zero-order valence-corrected chi connectivity index (χ0v) is 15.6. The third-order valence-electron chi connectivity index (χ3n) is 4.56. The molecule has 29 heavy (non-hydrogen) atoms. The van der Waals surface area contributed by atoms with E-state index in [1.807, 2.05) is 0 Å². The van der Waals surface area contributed by atoms with Gasteiger partial charge >= 0.3 is 0 Å². The third kappa shape index (κ3) is 4.27. The maximum Gasteiger partial charge on any atom is 0.274 e. The minimum absolute atomic E-state index is 0.143. The number of hydrogen-bond acceptors (Lipinski definition) is 8. The molecule has 0 radical (unpaired) electrons. The molecule has 1 saturated heterocycles.